The Morgan fingerprint density at radius 3 is 2.86 bits per heavy atom. The summed E-state index contributed by atoms with van der Waals surface area (Å²) in [6, 6.07) is 6.35. The molecule has 3 nitrogen and oxygen atoms in total. The van der Waals surface area contributed by atoms with Gasteiger partial charge in [0.25, 0.3) is 0 Å². The Kier molecular flexibility index (Phi) is 6.48. The predicted molar refractivity (Wildman–Crippen MR) is 96.9 cm³/mol. The normalized spacial score (nSPS) is 12.3. The smallest absolute Gasteiger partial charge is 0.119 e. The van der Waals surface area contributed by atoms with E-state index in [9.17, 15) is 0 Å². The van der Waals surface area contributed by atoms with Crippen LogP contribution >= 0.6 is 35.8 Å². The number of alkyl halides is 1. The summed E-state index contributed by atoms with van der Waals surface area (Å²) >= 11 is 7.59. The number of nitrogens with zero attached hydrogens (tertiary/aromatic N) is 2. The lowest BCUT2D eigenvalue weighted by Crippen LogP contribution is -2.10. The van der Waals surface area contributed by atoms with Gasteiger partial charge in [-0.25, -0.2) is 0 Å². The van der Waals surface area contributed by atoms with Gasteiger partial charge >= 0.3 is 0 Å². The molecule has 1 aromatic heterocycles. The maximum Gasteiger partial charge on any atom is 0.119 e. The highest BCUT2D eigenvalue weighted by molar-refractivity contribution is 7.99. The first-order valence-corrected chi connectivity index (χ1v) is 8.88. The highest BCUT2D eigenvalue weighted by atomic mass is 35.5. The van der Waals surface area contributed by atoms with Gasteiger partial charge in [-0.3, -0.25) is 4.68 Å². The van der Waals surface area contributed by atoms with Gasteiger partial charge < -0.3 is 4.74 Å². The summed E-state index contributed by atoms with van der Waals surface area (Å²) in [5, 5.41) is 4.58. The summed E-state index contributed by atoms with van der Waals surface area (Å²) in [4.78, 5) is 0. The molecule has 22 heavy (non-hydrogen) atoms. The van der Waals surface area contributed by atoms with Gasteiger partial charge in [0.15, 0.2) is 0 Å². The van der Waals surface area contributed by atoms with Crippen molar-refractivity contribution in [3.8, 4) is 17.0 Å². The molecule has 0 N–H and O–H groups in total. The van der Waals surface area contributed by atoms with Crippen molar-refractivity contribution < 1.29 is 4.74 Å². The van der Waals surface area contributed by atoms with Crippen molar-refractivity contribution in [2.24, 2.45) is 0 Å². The van der Waals surface area contributed by atoms with Gasteiger partial charge in [0, 0.05) is 22.9 Å². The summed E-state index contributed by atoms with van der Waals surface area (Å²) in [5.41, 5.74) is 5.30. The zero-order chi connectivity index (χ0) is 14.7. The molecule has 2 aromatic rings. The number of aryl methyl sites for hydroxylation is 3. The molecule has 0 aliphatic heterocycles. The lowest BCUT2D eigenvalue weighted by Gasteiger charge is -2.19. The largest absolute Gasteiger partial charge is 0.497 e. The molecule has 1 aliphatic rings. The van der Waals surface area contributed by atoms with E-state index in [0.29, 0.717) is 5.88 Å². The average Bonchev–Trinajstić information content (AvgIpc) is 2.94. The topological polar surface area (TPSA) is 27.1 Å². The third kappa shape index (κ3) is 3.55. The second-order valence-corrected chi connectivity index (χ2v) is 6.67. The van der Waals surface area contributed by atoms with Crippen molar-refractivity contribution in [1.29, 1.82) is 0 Å². The fourth-order valence-electron chi connectivity index (χ4n) is 2.80. The third-order valence-electron chi connectivity index (χ3n) is 3.82. The van der Waals surface area contributed by atoms with Gasteiger partial charge in [-0.1, -0.05) is 0 Å². The minimum absolute atomic E-state index is 0. The standard InChI is InChI=1S/C16H19ClN2OS.ClH/c1-20-14-4-5-15-12(10-14)2-3-13-11-18-19(16(13)15)7-9-21-8-6-17;/h4-5,10-11H,2-3,6-9H2,1H3;1H. The molecule has 3 rings (SSSR count). The van der Waals surface area contributed by atoms with Gasteiger partial charge in [-0.2, -0.15) is 16.9 Å². The van der Waals surface area contributed by atoms with E-state index in [-0.39, 0.29) is 12.4 Å². The van der Waals surface area contributed by atoms with Crippen LogP contribution in [0.3, 0.4) is 0 Å². The monoisotopic (exact) mass is 358 g/mol. The van der Waals surface area contributed by atoms with Crippen LogP contribution in [0.15, 0.2) is 24.4 Å². The van der Waals surface area contributed by atoms with E-state index >= 15 is 0 Å². The fourth-order valence-corrected chi connectivity index (χ4v) is 3.74. The SMILES string of the molecule is COc1ccc2c(c1)CCc1cnn(CCSCCCl)c1-2.Cl. The molecule has 1 heterocycles. The average molecular weight is 359 g/mol. The Bertz CT molecular complexity index is 631. The van der Waals surface area contributed by atoms with E-state index in [1.54, 1.807) is 7.11 Å². The summed E-state index contributed by atoms with van der Waals surface area (Å²) in [5.74, 6) is 3.69. The molecule has 0 amide bonds. The number of hydrogen-bond donors (Lipinski definition) is 0. The Morgan fingerprint density at radius 2 is 2.09 bits per heavy atom. The molecule has 1 aromatic carbocycles. The first kappa shape index (κ1) is 17.5. The molecular formula is C16H20Cl2N2OS. The van der Waals surface area contributed by atoms with Crippen molar-refractivity contribution in [2.45, 2.75) is 19.4 Å². The molecule has 6 heteroatoms. The molecule has 0 radical (unpaired) electrons. The van der Waals surface area contributed by atoms with Crippen molar-refractivity contribution in [2.75, 3.05) is 24.5 Å². The molecule has 0 saturated heterocycles. The minimum atomic E-state index is 0. The number of methoxy groups -OCH3 is 1. The molecule has 0 bridgehead atoms. The first-order chi connectivity index (χ1) is 10.3. The highest BCUT2D eigenvalue weighted by Crippen LogP contribution is 2.35. The van der Waals surface area contributed by atoms with Crippen LogP contribution in [0.25, 0.3) is 11.3 Å². The molecule has 0 saturated carbocycles. The molecule has 0 fully saturated rings. The maximum atomic E-state index is 5.72. The van der Waals surface area contributed by atoms with Crippen LogP contribution < -0.4 is 4.74 Å². The Hall–Kier alpha value is -0.840. The van der Waals surface area contributed by atoms with E-state index < -0.39 is 0 Å². The van der Waals surface area contributed by atoms with Crippen molar-refractivity contribution in [3.05, 3.63) is 35.5 Å². The van der Waals surface area contributed by atoms with E-state index in [0.717, 1.165) is 36.6 Å². The maximum absolute atomic E-state index is 5.72. The van der Waals surface area contributed by atoms with Gasteiger partial charge in [-0.15, -0.1) is 24.0 Å². The molecule has 0 spiro atoms. The number of fused-ring (bicyclic) bond motifs is 3. The number of hydrogen-bond acceptors (Lipinski definition) is 3. The van der Waals surface area contributed by atoms with Crippen molar-refractivity contribution >= 4 is 35.8 Å². The van der Waals surface area contributed by atoms with Gasteiger partial charge in [0.2, 0.25) is 0 Å². The quantitative estimate of drug-likeness (QED) is 0.575. The molecule has 1 aliphatic carbocycles. The zero-order valence-corrected chi connectivity index (χ0v) is 14.9. The van der Waals surface area contributed by atoms with Crippen LogP contribution in [0.4, 0.5) is 0 Å². The first-order valence-electron chi connectivity index (χ1n) is 7.19. The Morgan fingerprint density at radius 1 is 1.27 bits per heavy atom. The van der Waals surface area contributed by atoms with Crippen molar-refractivity contribution in [3.63, 3.8) is 0 Å². The summed E-state index contributed by atoms with van der Waals surface area (Å²) in [6.45, 7) is 0.933. The fraction of sp³-hybridized carbons (Fsp3) is 0.438. The molecular weight excluding hydrogens is 339 g/mol. The van der Waals surface area contributed by atoms with Crippen LogP contribution in [-0.2, 0) is 19.4 Å². The van der Waals surface area contributed by atoms with E-state index in [2.05, 4.69) is 21.9 Å². The number of thioether (sulfide) groups is 1. The lowest BCUT2D eigenvalue weighted by molar-refractivity contribution is 0.414. The second kappa shape index (κ2) is 8.14. The van der Waals surface area contributed by atoms with Crippen LogP contribution in [0.2, 0.25) is 0 Å². The summed E-state index contributed by atoms with van der Waals surface area (Å²) in [6.07, 6.45) is 4.14. The van der Waals surface area contributed by atoms with Crippen LogP contribution in [-0.4, -0.2) is 34.3 Å². The van der Waals surface area contributed by atoms with Gasteiger partial charge in [0.1, 0.15) is 5.75 Å². The summed E-state index contributed by atoms with van der Waals surface area (Å²) < 4.78 is 7.47. The van der Waals surface area contributed by atoms with E-state index in [1.165, 1.54) is 22.4 Å². The number of rotatable bonds is 6. The number of aromatic nitrogens is 2. The van der Waals surface area contributed by atoms with Crippen LogP contribution in [0, 0.1) is 0 Å². The van der Waals surface area contributed by atoms with Gasteiger partial charge in [0.05, 0.1) is 25.5 Å². The number of ether oxygens (including phenoxy) is 1. The Balaban J connectivity index is 0.00000176. The zero-order valence-electron chi connectivity index (χ0n) is 12.5. The van der Waals surface area contributed by atoms with Crippen LogP contribution in [0.5, 0.6) is 5.75 Å². The summed E-state index contributed by atoms with van der Waals surface area (Å²) in [7, 11) is 1.72. The van der Waals surface area contributed by atoms with Crippen molar-refractivity contribution in [1.82, 2.24) is 9.78 Å². The Labute approximate surface area is 146 Å². The molecule has 120 valence electrons. The third-order valence-corrected chi connectivity index (χ3v) is 5.19. The molecule has 0 unspecified atom stereocenters. The van der Waals surface area contributed by atoms with E-state index in [4.69, 9.17) is 16.3 Å². The number of halogens is 2. The highest BCUT2D eigenvalue weighted by Gasteiger charge is 2.21. The second-order valence-electron chi connectivity index (χ2n) is 5.07. The lowest BCUT2D eigenvalue weighted by atomic mass is 9.90. The molecule has 0 atom stereocenters. The van der Waals surface area contributed by atoms with Gasteiger partial charge in [-0.05, 0) is 42.2 Å². The predicted octanol–water partition coefficient (Wildman–Crippen LogP) is 4.05. The minimum Gasteiger partial charge on any atom is -0.497 e. The number of benzene rings is 1. The van der Waals surface area contributed by atoms with E-state index in [1.807, 2.05) is 24.0 Å². The van der Waals surface area contributed by atoms with Crippen LogP contribution in [0.1, 0.15) is 11.1 Å².